The van der Waals surface area contributed by atoms with Gasteiger partial charge >= 0.3 is 0 Å². The van der Waals surface area contributed by atoms with Gasteiger partial charge in [-0.05, 0) is 31.9 Å². The minimum absolute atomic E-state index is 0.0145. The van der Waals surface area contributed by atoms with Crippen LogP contribution >= 0.6 is 0 Å². The van der Waals surface area contributed by atoms with E-state index in [4.69, 9.17) is 0 Å². The smallest absolute Gasteiger partial charge is 0.256 e. The first-order valence-electron chi connectivity index (χ1n) is 4.54. The Kier molecular flexibility index (Phi) is 1.98. The first kappa shape index (κ1) is 9.12. The quantitative estimate of drug-likeness (QED) is 0.725. The summed E-state index contributed by atoms with van der Waals surface area (Å²) in [6, 6.07) is 2.98. The Balaban J connectivity index is 2.15. The summed E-state index contributed by atoms with van der Waals surface area (Å²) < 4.78 is 13.1. The SMILES string of the molecule is CC1(NC(=O)c2cccnc2F)CC1. The summed E-state index contributed by atoms with van der Waals surface area (Å²) in [4.78, 5) is 15.0. The van der Waals surface area contributed by atoms with Gasteiger partial charge in [-0.2, -0.15) is 4.39 Å². The van der Waals surface area contributed by atoms with E-state index < -0.39 is 5.95 Å². The average molecular weight is 194 g/mol. The zero-order valence-electron chi connectivity index (χ0n) is 7.88. The number of nitrogens with zero attached hydrogens (tertiary/aromatic N) is 1. The molecule has 0 radical (unpaired) electrons. The van der Waals surface area contributed by atoms with Crippen molar-refractivity contribution < 1.29 is 9.18 Å². The Hall–Kier alpha value is -1.45. The predicted octanol–water partition coefficient (Wildman–Crippen LogP) is 1.50. The van der Waals surface area contributed by atoms with E-state index in [2.05, 4.69) is 10.3 Å². The molecule has 0 saturated heterocycles. The van der Waals surface area contributed by atoms with Crippen LogP contribution in [0.2, 0.25) is 0 Å². The fraction of sp³-hybridized carbons (Fsp3) is 0.400. The number of carbonyl (C=O) groups is 1. The monoisotopic (exact) mass is 194 g/mol. The van der Waals surface area contributed by atoms with Crippen molar-refractivity contribution in [3.63, 3.8) is 0 Å². The molecule has 0 aliphatic heterocycles. The number of halogens is 1. The van der Waals surface area contributed by atoms with Gasteiger partial charge < -0.3 is 5.32 Å². The van der Waals surface area contributed by atoms with Gasteiger partial charge in [-0.1, -0.05) is 0 Å². The minimum Gasteiger partial charge on any atom is -0.347 e. The Morgan fingerprint density at radius 1 is 1.64 bits per heavy atom. The summed E-state index contributed by atoms with van der Waals surface area (Å²) in [7, 11) is 0. The Bertz CT molecular complexity index is 374. The molecule has 3 nitrogen and oxygen atoms in total. The Labute approximate surface area is 81.3 Å². The average Bonchev–Trinajstić information content (AvgIpc) is 2.84. The van der Waals surface area contributed by atoms with E-state index in [0.717, 1.165) is 12.8 Å². The molecule has 1 saturated carbocycles. The molecule has 1 aromatic heterocycles. The van der Waals surface area contributed by atoms with Crippen molar-refractivity contribution in [3.8, 4) is 0 Å². The predicted molar refractivity (Wildman–Crippen MR) is 49.3 cm³/mol. The minimum atomic E-state index is -0.714. The summed E-state index contributed by atoms with van der Waals surface area (Å²) in [6.07, 6.45) is 3.24. The van der Waals surface area contributed by atoms with Crippen molar-refractivity contribution in [2.24, 2.45) is 0 Å². The van der Waals surface area contributed by atoms with Crippen LogP contribution in [0.5, 0.6) is 0 Å². The van der Waals surface area contributed by atoms with E-state index in [9.17, 15) is 9.18 Å². The van der Waals surface area contributed by atoms with Crippen LogP contribution in [-0.4, -0.2) is 16.4 Å². The summed E-state index contributed by atoms with van der Waals surface area (Å²) in [5, 5.41) is 2.77. The molecule has 0 unspecified atom stereocenters. The van der Waals surface area contributed by atoms with Crippen LogP contribution in [-0.2, 0) is 0 Å². The molecule has 1 aliphatic carbocycles. The molecule has 0 spiro atoms. The Morgan fingerprint density at radius 3 is 2.93 bits per heavy atom. The van der Waals surface area contributed by atoms with Crippen LogP contribution in [0.1, 0.15) is 30.1 Å². The van der Waals surface area contributed by atoms with E-state index in [-0.39, 0.29) is 17.0 Å². The number of aromatic nitrogens is 1. The number of carbonyl (C=O) groups excluding carboxylic acids is 1. The fourth-order valence-corrected chi connectivity index (χ4v) is 1.21. The van der Waals surface area contributed by atoms with E-state index in [1.165, 1.54) is 12.3 Å². The largest absolute Gasteiger partial charge is 0.347 e. The molecule has 0 atom stereocenters. The first-order valence-corrected chi connectivity index (χ1v) is 4.54. The highest BCUT2D eigenvalue weighted by Gasteiger charge is 2.39. The van der Waals surface area contributed by atoms with Gasteiger partial charge in [0.05, 0.1) is 5.56 Å². The van der Waals surface area contributed by atoms with Crippen LogP contribution in [0.15, 0.2) is 18.3 Å². The van der Waals surface area contributed by atoms with E-state index in [1.54, 1.807) is 6.07 Å². The molecule has 1 N–H and O–H groups in total. The molecule has 14 heavy (non-hydrogen) atoms. The van der Waals surface area contributed by atoms with Crippen molar-refractivity contribution >= 4 is 5.91 Å². The van der Waals surface area contributed by atoms with Crippen molar-refractivity contribution in [3.05, 3.63) is 29.8 Å². The van der Waals surface area contributed by atoms with Crippen LogP contribution < -0.4 is 5.32 Å². The lowest BCUT2D eigenvalue weighted by Crippen LogP contribution is -2.34. The molecule has 2 rings (SSSR count). The van der Waals surface area contributed by atoms with Crippen LogP contribution in [0.25, 0.3) is 0 Å². The highest BCUT2D eigenvalue weighted by molar-refractivity contribution is 5.94. The molecule has 74 valence electrons. The van der Waals surface area contributed by atoms with Gasteiger partial charge in [0.15, 0.2) is 0 Å². The molecular weight excluding hydrogens is 183 g/mol. The van der Waals surface area contributed by atoms with Gasteiger partial charge in [0, 0.05) is 11.7 Å². The molecule has 1 heterocycles. The molecule has 1 amide bonds. The molecular formula is C10H11FN2O. The number of nitrogens with one attached hydrogen (secondary N) is 1. The molecule has 1 aromatic rings. The summed E-state index contributed by atoms with van der Waals surface area (Å²) in [5.74, 6) is -1.09. The second kappa shape index (κ2) is 3.04. The van der Waals surface area contributed by atoms with E-state index >= 15 is 0 Å². The van der Waals surface area contributed by atoms with E-state index in [0.29, 0.717) is 0 Å². The fourth-order valence-electron chi connectivity index (χ4n) is 1.21. The third kappa shape index (κ3) is 1.73. The molecule has 1 aliphatic rings. The topological polar surface area (TPSA) is 42.0 Å². The molecule has 0 aromatic carbocycles. The number of amides is 1. The van der Waals surface area contributed by atoms with Gasteiger partial charge in [0.1, 0.15) is 0 Å². The van der Waals surface area contributed by atoms with Crippen molar-refractivity contribution in [2.45, 2.75) is 25.3 Å². The normalized spacial score (nSPS) is 17.6. The molecule has 1 fully saturated rings. The van der Waals surface area contributed by atoms with Gasteiger partial charge in [0.25, 0.3) is 5.91 Å². The lowest BCUT2D eigenvalue weighted by atomic mass is 10.2. The third-order valence-corrected chi connectivity index (χ3v) is 2.42. The van der Waals surface area contributed by atoms with Crippen LogP contribution in [0.4, 0.5) is 4.39 Å². The standard InChI is InChI=1S/C10H11FN2O/c1-10(4-5-10)13-9(14)7-3-2-6-12-8(7)11/h2-3,6H,4-5H2,1H3,(H,13,14). The summed E-state index contributed by atoms with van der Waals surface area (Å²) in [6.45, 7) is 1.94. The van der Waals surface area contributed by atoms with Crippen LogP contribution in [0, 0.1) is 5.95 Å². The van der Waals surface area contributed by atoms with Crippen molar-refractivity contribution in [1.29, 1.82) is 0 Å². The van der Waals surface area contributed by atoms with E-state index in [1.807, 2.05) is 6.92 Å². The number of rotatable bonds is 2. The van der Waals surface area contributed by atoms with Gasteiger partial charge in [0.2, 0.25) is 5.95 Å². The second-order valence-corrected chi connectivity index (χ2v) is 3.86. The highest BCUT2D eigenvalue weighted by Crippen LogP contribution is 2.34. The molecule has 4 heteroatoms. The van der Waals surface area contributed by atoms with Crippen molar-refractivity contribution in [1.82, 2.24) is 10.3 Å². The maximum absolute atomic E-state index is 13.1. The lowest BCUT2D eigenvalue weighted by Gasteiger charge is -2.10. The first-order chi connectivity index (χ1) is 6.61. The Morgan fingerprint density at radius 2 is 2.36 bits per heavy atom. The van der Waals surface area contributed by atoms with Gasteiger partial charge in [-0.25, -0.2) is 4.98 Å². The molecule has 0 bridgehead atoms. The number of hydrogen-bond acceptors (Lipinski definition) is 2. The highest BCUT2D eigenvalue weighted by atomic mass is 19.1. The van der Waals surface area contributed by atoms with Gasteiger partial charge in [-0.15, -0.1) is 0 Å². The van der Waals surface area contributed by atoms with Crippen molar-refractivity contribution in [2.75, 3.05) is 0 Å². The zero-order valence-corrected chi connectivity index (χ0v) is 7.88. The lowest BCUT2D eigenvalue weighted by molar-refractivity contribution is 0.0930. The van der Waals surface area contributed by atoms with Gasteiger partial charge in [-0.3, -0.25) is 4.79 Å². The maximum atomic E-state index is 13.1. The third-order valence-electron chi connectivity index (χ3n) is 2.42. The summed E-state index contributed by atoms with van der Waals surface area (Å²) >= 11 is 0. The van der Waals surface area contributed by atoms with Crippen LogP contribution in [0.3, 0.4) is 0 Å². The second-order valence-electron chi connectivity index (χ2n) is 3.86. The summed E-state index contributed by atoms with van der Waals surface area (Å²) in [5.41, 5.74) is -0.111. The number of pyridine rings is 1. The number of hydrogen-bond donors (Lipinski definition) is 1. The maximum Gasteiger partial charge on any atom is 0.256 e. The zero-order chi connectivity index (χ0) is 10.2.